The minimum Gasteiger partial charge on any atom is -0.349 e. The Bertz CT molecular complexity index is 1180. The van der Waals surface area contributed by atoms with Crippen LogP contribution in [0.25, 0.3) is 21.9 Å². The number of fused-ring (bicyclic) bond motifs is 2. The molecule has 4 aromatic rings. The molecule has 0 atom stereocenters. The largest absolute Gasteiger partial charge is 0.349 e. The molecule has 0 saturated heterocycles. The highest BCUT2D eigenvalue weighted by Crippen LogP contribution is 2.12. The van der Waals surface area contributed by atoms with Gasteiger partial charge in [-0.15, -0.1) is 0 Å². The summed E-state index contributed by atoms with van der Waals surface area (Å²) in [4.78, 5) is 36.7. The molecule has 0 spiro atoms. The van der Waals surface area contributed by atoms with E-state index >= 15 is 0 Å². The predicted molar refractivity (Wildman–Crippen MR) is 108 cm³/mol. The number of para-hydroxylation sites is 3. The first-order valence-corrected chi connectivity index (χ1v) is 9.27. The third-order valence-corrected chi connectivity index (χ3v) is 4.75. The molecule has 0 aliphatic heterocycles. The fourth-order valence-corrected chi connectivity index (χ4v) is 3.27. The highest BCUT2D eigenvalue weighted by molar-refractivity contribution is 5.80. The van der Waals surface area contributed by atoms with E-state index in [1.807, 2.05) is 43.3 Å². The number of amides is 1. The van der Waals surface area contributed by atoms with E-state index in [0.29, 0.717) is 31.3 Å². The van der Waals surface area contributed by atoms with Gasteiger partial charge in [-0.1, -0.05) is 24.3 Å². The molecule has 0 radical (unpaired) electrons. The highest BCUT2D eigenvalue weighted by atomic mass is 16.1. The van der Waals surface area contributed by atoms with Crippen LogP contribution in [0.1, 0.15) is 24.2 Å². The quantitative estimate of drug-likeness (QED) is 0.542. The Morgan fingerprint density at radius 1 is 1.18 bits per heavy atom. The van der Waals surface area contributed by atoms with E-state index < -0.39 is 0 Å². The molecule has 2 aromatic heterocycles. The summed E-state index contributed by atoms with van der Waals surface area (Å²) in [6.45, 7) is 2.74. The van der Waals surface area contributed by atoms with Gasteiger partial charge in [0, 0.05) is 13.0 Å². The highest BCUT2D eigenvalue weighted by Gasteiger charge is 2.08. The fourth-order valence-electron chi connectivity index (χ4n) is 3.27. The monoisotopic (exact) mass is 375 g/mol. The van der Waals surface area contributed by atoms with Crippen LogP contribution in [0.4, 0.5) is 0 Å². The normalized spacial score (nSPS) is 11.2. The Labute approximate surface area is 161 Å². The number of hydrogen-bond acceptors (Lipinski definition) is 4. The summed E-state index contributed by atoms with van der Waals surface area (Å²) in [6.07, 6.45) is 2.45. The van der Waals surface area contributed by atoms with Crippen molar-refractivity contribution in [1.82, 2.24) is 24.8 Å². The lowest BCUT2D eigenvalue weighted by molar-refractivity contribution is -0.121. The van der Waals surface area contributed by atoms with Crippen LogP contribution in [-0.4, -0.2) is 25.4 Å². The van der Waals surface area contributed by atoms with E-state index in [1.165, 1.54) is 0 Å². The molecule has 1 amide bonds. The van der Waals surface area contributed by atoms with Gasteiger partial charge in [0.05, 0.1) is 34.8 Å². The smallest absolute Gasteiger partial charge is 0.261 e. The van der Waals surface area contributed by atoms with E-state index in [1.54, 1.807) is 17.0 Å². The Hall–Kier alpha value is -3.48. The van der Waals surface area contributed by atoms with Gasteiger partial charge in [-0.3, -0.25) is 14.2 Å². The molecule has 0 bridgehead atoms. The van der Waals surface area contributed by atoms with Crippen LogP contribution < -0.4 is 10.9 Å². The molecular weight excluding hydrogens is 354 g/mol. The second kappa shape index (κ2) is 7.64. The number of carbonyl (C=O) groups is 1. The number of nitrogens with one attached hydrogen (secondary N) is 2. The molecule has 0 unspecified atom stereocenters. The molecule has 0 fully saturated rings. The lowest BCUT2D eigenvalue weighted by Gasteiger charge is -2.08. The third-order valence-electron chi connectivity index (χ3n) is 4.75. The van der Waals surface area contributed by atoms with Crippen LogP contribution in [0, 0.1) is 6.92 Å². The summed E-state index contributed by atoms with van der Waals surface area (Å²) >= 11 is 0. The van der Waals surface area contributed by atoms with Crippen LogP contribution in [0.2, 0.25) is 0 Å². The van der Waals surface area contributed by atoms with Gasteiger partial charge in [0.1, 0.15) is 5.82 Å². The van der Waals surface area contributed by atoms with Crippen LogP contribution in [0.5, 0.6) is 0 Å². The molecule has 142 valence electrons. The van der Waals surface area contributed by atoms with E-state index in [4.69, 9.17) is 0 Å². The van der Waals surface area contributed by atoms with Gasteiger partial charge in [0.2, 0.25) is 5.91 Å². The Kier molecular flexibility index (Phi) is 4.89. The predicted octanol–water partition coefficient (Wildman–Crippen LogP) is 2.68. The maximum absolute atomic E-state index is 12.6. The maximum Gasteiger partial charge on any atom is 0.261 e. The lowest BCUT2D eigenvalue weighted by atomic mass is 10.1. The summed E-state index contributed by atoms with van der Waals surface area (Å²) in [5, 5.41) is 3.47. The molecule has 7 nitrogen and oxygen atoms in total. The zero-order valence-electron chi connectivity index (χ0n) is 15.6. The van der Waals surface area contributed by atoms with Gasteiger partial charge in [0.25, 0.3) is 5.56 Å². The van der Waals surface area contributed by atoms with E-state index in [2.05, 4.69) is 20.3 Å². The van der Waals surface area contributed by atoms with E-state index in [9.17, 15) is 9.59 Å². The molecule has 0 saturated carbocycles. The van der Waals surface area contributed by atoms with Crippen LogP contribution >= 0.6 is 0 Å². The SMILES string of the molecule is Cc1cccc2c(=O)n(CCCC(=O)NCc3nc4ccccc4[nH]3)cnc12. The first kappa shape index (κ1) is 17.9. The molecule has 2 aromatic carbocycles. The van der Waals surface area contributed by atoms with Crippen molar-refractivity contribution >= 4 is 27.8 Å². The van der Waals surface area contributed by atoms with Crippen molar-refractivity contribution in [3.05, 3.63) is 70.5 Å². The van der Waals surface area contributed by atoms with Crippen molar-refractivity contribution in [3.8, 4) is 0 Å². The summed E-state index contributed by atoms with van der Waals surface area (Å²) in [7, 11) is 0. The van der Waals surface area contributed by atoms with Crippen LogP contribution in [0.3, 0.4) is 0 Å². The number of hydrogen-bond donors (Lipinski definition) is 2. The number of aromatic amines is 1. The van der Waals surface area contributed by atoms with Crippen molar-refractivity contribution in [2.75, 3.05) is 0 Å². The second-order valence-electron chi connectivity index (χ2n) is 6.80. The Morgan fingerprint density at radius 2 is 2.04 bits per heavy atom. The van der Waals surface area contributed by atoms with Crippen molar-refractivity contribution in [2.24, 2.45) is 0 Å². The molecule has 0 aliphatic rings. The zero-order valence-corrected chi connectivity index (χ0v) is 15.6. The number of rotatable bonds is 6. The van der Waals surface area contributed by atoms with Crippen molar-refractivity contribution < 1.29 is 4.79 Å². The van der Waals surface area contributed by atoms with E-state index in [-0.39, 0.29) is 11.5 Å². The minimum absolute atomic E-state index is 0.0712. The van der Waals surface area contributed by atoms with E-state index in [0.717, 1.165) is 27.9 Å². The average Bonchev–Trinajstić information content (AvgIpc) is 3.12. The topological polar surface area (TPSA) is 92.7 Å². The minimum atomic E-state index is -0.0728. The fraction of sp³-hybridized carbons (Fsp3) is 0.238. The van der Waals surface area contributed by atoms with Gasteiger partial charge in [-0.2, -0.15) is 0 Å². The number of nitrogens with zero attached hydrogens (tertiary/aromatic N) is 3. The zero-order chi connectivity index (χ0) is 19.5. The van der Waals surface area contributed by atoms with Gasteiger partial charge < -0.3 is 10.3 Å². The number of imidazole rings is 1. The first-order valence-electron chi connectivity index (χ1n) is 9.27. The molecular formula is C21H21N5O2. The standard InChI is InChI=1S/C21H21N5O2/c1-14-6-4-7-15-20(14)23-13-26(21(15)28)11-5-10-19(27)22-12-18-24-16-8-2-3-9-17(16)25-18/h2-4,6-9,13H,5,10-12H2,1H3,(H,22,27)(H,24,25). The van der Waals surface area contributed by atoms with Gasteiger partial charge in [0.15, 0.2) is 0 Å². The van der Waals surface area contributed by atoms with Crippen LogP contribution in [-0.2, 0) is 17.9 Å². The maximum atomic E-state index is 12.6. The van der Waals surface area contributed by atoms with Crippen molar-refractivity contribution in [2.45, 2.75) is 32.9 Å². The van der Waals surface area contributed by atoms with Crippen molar-refractivity contribution in [3.63, 3.8) is 0 Å². The summed E-state index contributed by atoms with van der Waals surface area (Å²) in [5.74, 6) is 0.651. The summed E-state index contributed by atoms with van der Waals surface area (Å²) in [6, 6.07) is 13.3. The average molecular weight is 375 g/mol. The first-order chi connectivity index (χ1) is 13.6. The second-order valence-corrected chi connectivity index (χ2v) is 6.80. The molecule has 0 aliphatic carbocycles. The Morgan fingerprint density at radius 3 is 2.89 bits per heavy atom. The van der Waals surface area contributed by atoms with Crippen LogP contribution in [0.15, 0.2) is 53.6 Å². The number of H-pyrrole nitrogens is 1. The molecule has 4 rings (SSSR count). The summed E-state index contributed by atoms with van der Waals surface area (Å²) < 4.78 is 1.56. The Balaban J connectivity index is 1.32. The molecule has 7 heteroatoms. The number of aromatic nitrogens is 4. The molecule has 28 heavy (non-hydrogen) atoms. The molecule has 2 heterocycles. The molecule has 2 N–H and O–H groups in total. The third kappa shape index (κ3) is 3.64. The number of benzene rings is 2. The summed E-state index contributed by atoms with van der Waals surface area (Å²) in [5.41, 5.74) is 3.46. The number of carbonyl (C=O) groups excluding carboxylic acids is 1. The van der Waals surface area contributed by atoms with Crippen molar-refractivity contribution in [1.29, 1.82) is 0 Å². The number of aryl methyl sites for hydroxylation is 2. The van der Waals surface area contributed by atoms with Gasteiger partial charge in [-0.25, -0.2) is 9.97 Å². The van der Waals surface area contributed by atoms with Gasteiger partial charge >= 0.3 is 0 Å². The lowest BCUT2D eigenvalue weighted by Crippen LogP contribution is -2.25. The van der Waals surface area contributed by atoms with Gasteiger partial charge in [-0.05, 0) is 37.1 Å².